The minimum absolute atomic E-state index is 0.177. The standard InChI is InChI=1S/C6H10N2O3/c1-2-11-6(10)4(3-7)5(8)9/h3-4,7H,2H2,1H3,(H2,8,9). The van der Waals surface area contributed by atoms with Crippen molar-refractivity contribution >= 4 is 18.1 Å². The molecule has 5 nitrogen and oxygen atoms in total. The molecular formula is C6H10N2O3. The zero-order valence-electron chi connectivity index (χ0n) is 6.16. The lowest BCUT2D eigenvalue weighted by molar-refractivity contribution is -0.148. The molecule has 5 heteroatoms. The molecule has 0 fully saturated rings. The van der Waals surface area contributed by atoms with Crippen molar-refractivity contribution < 1.29 is 14.3 Å². The summed E-state index contributed by atoms with van der Waals surface area (Å²) in [5.41, 5.74) is 4.79. The van der Waals surface area contributed by atoms with Gasteiger partial charge in [-0.3, -0.25) is 9.59 Å². The summed E-state index contributed by atoms with van der Waals surface area (Å²) in [4.78, 5) is 21.2. The van der Waals surface area contributed by atoms with Gasteiger partial charge in [0.2, 0.25) is 5.91 Å². The van der Waals surface area contributed by atoms with Crippen molar-refractivity contribution in [3.8, 4) is 0 Å². The summed E-state index contributed by atoms with van der Waals surface area (Å²) in [5.74, 6) is -2.87. The summed E-state index contributed by atoms with van der Waals surface area (Å²) in [7, 11) is 0. The lowest BCUT2D eigenvalue weighted by atomic mass is 10.1. The predicted molar refractivity (Wildman–Crippen MR) is 38.1 cm³/mol. The average Bonchev–Trinajstić information content (AvgIpc) is 1.88. The maximum Gasteiger partial charge on any atom is 0.323 e. The van der Waals surface area contributed by atoms with Gasteiger partial charge in [-0.25, -0.2) is 0 Å². The molecule has 11 heavy (non-hydrogen) atoms. The minimum Gasteiger partial charge on any atom is -0.465 e. The zero-order chi connectivity index (χ0) is 8.85. The van der Waals surface area contributed by atoms with Crippen LogP contribution >= 0.6 is 0 Å². The molecule has 0 heterocycles. The van der Waals surface area contributed by atoms with E-state index < -0.39 is 17.8 Å². The van der Waals surface area contributed by atoms with Crippen LogP contribution in [0, 0.1) is 11.3 Å². The van der Waals surface area contributed by atoms with Crippen LogP contribution < -0.4 is 5.73 Å². The van der Waals surface area contributed by atoms with Crippen LogP contribution in [0.15, 0.2) is 0 Å². The summed E-state index contributed by atoms with van der Waals surface area (Å²) in [5, 5.41) is 6.67. The average molecular weight is 158 g/mol. The number of amides is 1. The maximum absolute atomic E-state index is 10.7. The molecule has 1 amide bonds. The van der Waals surface area contributed by atoms with Gasteiger partial charge < -0.3 is 15.9 Å². The number of hydrogen-bond acceptors (Lipinski definition) is 4. The third kappa shape index (κ3) is 2.79. The molecule has 0 aliphatic heterocycles. The van der Waals surface area contributed by atoms with Gasteiger partial charge in [0.15, 0.2) is 5.92 Å². The number of primary amides is 1. The molecule has 0 spiro atoms. The Labute approximate surface area is 64.0 Å². The van der Waals surface area contributed by atoms with E-state index in [0.717, 1.165) is 0 Å². The number of hydrogen-bond donors (Lipinski definition) is 2. The molecule has 1 atom stereocenters. The quantitative estimate of drug-likeness (QED) is 0.322. The highest BCUT2D eigenvalue weighted by Crippen LogP contribution is 1.94. The Morgan fingerprint density at radius 2 is 2.27 bits per heavy atom. The van der Waals surface area contributed by atoms with Crippen LogP contribution in [0.1, 0.15) is 6.92 Å². The molecule has 0 aromatic heterocycles. The van der Waals surface area contributed by atoms with E-state index >= 15 is 0 Å². The van der Waals surface area contributed by atoms with Gasteiger partial charge >= 0.3 is 5.97 Å². The van der Waals surface area contributed by atoms with Gasteiger partial charge in [0.25, 0.3) is 0 Å². The van der Waals surface area contributed by atoms with Crippen molar-refractivity contribution in [3.05, 3.63) is 0 Å². The summed E-state index contributed by atoms with van der Waals surface area (Å²) >= 11 is 0. The predicted octanol–water partition coefficient (Wildman–Crippen LogP) is -0.699. The van der Waals surface area contributed by atoms with E-state index in [2.05, 4.69) is 4.74 Å². The molecule has 0 aromatic carbocycles. The third-order valence-corrected chi connectivity index (χ3v) is 1.01. The van der Waals surface area contributed by atoms with Crippen LogP contribution in [0.25, 0.3) is 0 Å². The van der Waals surface area contributed by atoms with E-state index in [1.54, 1.807) is 6.92 Å². The summed E-state index contributed by atoms with van der Waals surface area (Å²) in [6.07, 6.45) is 0.667. The van der Waals surface area contributed by atoms with Gasteiger partial charge in [-0.05, 0) is 6.92 Å². The van der Waals surface area contributed by atoms with Crippen molar-refractivity contribution in [2.24, 2.45) is 11.7 Å². The van der Waals surface area contributed by atoms with E-state index in [9.17, 15) is 9.59 Å². The molecule has 0 aliphatic carbocycles. The highest BCUT2D eigenvalue weighted by molar-refractivity contribution is 6.09. The Morgan fingerprint density at radius 3 is 2.55 bits per heavy atom. The van der Waals surface area contributed by atoms with Gasteiger partial charge in [-0.1, -0.05) is 0 Å². The first-order chi connectivity index (χ1) is 5.13. The highest BCUT2D eigenvalue weighted by atomic mass is 16.5. The Kier molecular flexibility index (Phi) is 3.87. The van der Waals surface area contributed by atoms with Crippen LogP contribution in [-0.2, 0) is 14.3 Å². The fourth-order valence-electron chi connectivity index (χ4n) is 0.498. The van der Waals surface area contributed by atoms with Crippen LogP contribution in [0.5, 0.6) is 0 Å². The van der Waals surface area contributed by atoms with Gasteiger partial charge in [0.1, 0.15) is 0 Å². The van der Waals surface area contributed by atoms with Crippen molar-refractivity contribution in [3.63, 3.8) is 0 Å². The Balaban J connectivity index is 4.14. The largest absolute Gasteiger partial charge is 0.465 e. The van der Waals surface area contributed by atoms with Gasteiger partial charge in [0, 0.05) is 6.21 Å². The first-order valence-electron chi connectivity index (χ1n) is 3.10. The van der Waals surface area contributed by atoms with Gasteiger partial charge in [-0.2, -0.15) is 0 Å². The first kappa shape index (κ1) is 9.61. The number of carbonyl (C=O) groups excluding carboxylic acids is 2. The van der Waals surface area contributed by atoms with Crippen molar-refractivity contribution in [2.45, 2.75) is 6.92 Å². The summed E-state index contributed by atoms with van der Waals surface area (Å²) < 4.78 is 4.47. The van der Waals surface area contributed by atoms with Crippen molar-refractivity contribution in [1.82, 2.24) is 0 Å². The fraction of sp³-hybridized carbons (Fsp3) is 0.500. The van der Waals surface area contributed by atoms with Crippen LogP contribution in [0.4, 0.5) is 0 Å². The first-order valence-corrected chi connectivity index (χ1v) is 3.10. The molecule has 1 unspecified atom stereocenters. The lowest BCUT2D eigenvalue weighted by Gasteiger charge is -2.05. The van der Waals surface area contributed by atoms with E-state index in [0.29, 0.717) is 6.21 Å². The fourth-order valence-corrected chi connectivity index (χ4v) is 0.498. The maximum atomic E-state index is 10.7. The normalized spacial score (nSPS) is 11.7. The molecule has 0 bridgehead atoms. The second kappa shape index (κ2) is 4.43. The number of carbonyl (C=O) groups is 2. The van der Waals surface area contributed by atoms with E-state index in [-0.39, 0.29) is 6.61 Å². The van der Waals surface area contributed by atoms with Gasteiger partial charge in [-0.15, -0.1) is 0 Å². The Morgan fingerprint density at radius 1 is 1.73 bits per heavy atom. The van der Waals surface area contributed by atoms with Gasteiger partial charge in [0.05, 0.1) is 6.61 Å². The number of nitrogens with two attached hydrogens (primary N) is 1. The zero-order valence-corrected chi connectivity index (χ0v) is 6.16. The third-order valence-electron chi connectivity index (χ3n) is 1.01. The molecule has 0 rings (SSSR count). The highest BCUT2D eigenvalue weighted by Gasteiger charge is 2.22. The number of rotatable bonds is 4. The molecule has 3 N–H and O–H groups in total. The van der Waals surface area contributed by atoms with Crippen molar-refractivity contribution in [2.75, 3.05) is 6.61 Å². The number of esters is 1. The number of ether oxygens (including phenoxy) is 1. The topological polar surface area (TPSA) is 93.2 Å². The molecule has 0 saturated heterocycles. The molecule has 62 valence electrons. The summed E-state index contributed by atoms with van der Waals surface area (Å²) in [6, 6.07) is 0. The van der Waals surface area contributed by atoms with Crippen LogP contribution in [-0.4, -0.2) is 24.7 Å². The van der Waals surface area contributed by atoms with Crippen LogP contribution in [0.2, 0.25) is 0 Å². The van der Waals surface area contributed by atoms with Crippen LogP contribution in [0.3, 0.4) is 0 Å². The van der Waals surface area contributed by atoms with E-state index in [1.165, 1.54) is 0 Å². The van der Waals surface area contributed by atoms with E-state index in [4.69, 9.17) is 11.1 Å². The van der Waals surface area contributed by atoms with Crippen molar-refractivity contribution in [1.29, 1.82) is 5.41 Å². The second-order valence-corrected chi connectivity index (χ2v) is 1.80. The second-order valence-electron chi connectivity index (χ2n) is 1.80. The number of nitrogens with one attached hydrogen (secondary N) is 1. The molecule has 0 saturated carbocycles. The summed E-state index contributed by atoms with van der Waals surface area (Å²) in [6.45, 7) is 1.79. The van der Waals surface area contributed by atoms with E-state index in [1.807, 2.05) is 0 Å². The molecule has 0 radical (unpaired) electrons. The Hall–Kier alpha value is -1.39. The Bertz CT molecular complexity index is 179. The molecule has 0 aliphatic rings. The lowest BCUT2D eigenvalue weighted by Crippen LogP contribution is -2.32. The SMILES string of the molecule is CCOC(=O)C(C=N)C(N)=O. The molecule has 0 aromatic rings. The molecular weight excluding hydrogens is 148 g/mol. The smallest absolute Gasteiger partial charge is 0.323 e. The monoisotopic (exact) mass is 158 g/mol. The minimum atomic E-state index is -1.24.